The third-order valence-corrected chi connectivity index (χ3v) is 2.47. The summed E-state index contributed by atoms with van der Waals surface area (Å²) in [5, 5.41) is 0. The summed E-state index contributed by atoms with van der Waals surface area (Å²) in [7, 11) is 1.32. The number of esters is 1. The van der Waals surface area contributed by atoms with Crippen molar-refractivity contribution in [2.75, 3.05) is 20.2 Å². The Bertz CT molecular complexity index is 392. The molecule has 0 aromatic carbocycles. The molecule has 5 heteroatoms. The maximum absolute atomic E-state index is 12.0. The van der Waals surface area contributed by atoms with E-state index in [1.807, 2.05) is 13.0 Å². The fourth-order valence-corrected chi connectivity index (χ4v) is 1.57. The molecule has 0 saturated heterocycles. The fourth-order valence-electron chi connectivity index (χ4n) is 1.57. The molecule has 0 spiro atoms. The Labute approximate surface area is 107 Å². The molecule has 0 N–H and O–H groups in total. The molecular formula is C13H18N2O3. The van der Waals surface area contributed by atoms with Crippen LogP contribution in [0, 0.1) is 0 Å². The van der Waals surface area contributed by atoms with Gasteiger partial charge in [0.1, 0.15) is 6.54 Å². The number of carbonyl (C=O) groups is 2. The van der Waals surface area contributed by atoms with Crippen molar-refractivity contribution in [3.63, 3.8) is 0 Å². The SMILES string of the molecule is CCCN(CC(=O)OC)C(=O)Cc1cccnc1. The van der Waals surface area contributed by atoms with Gasteiger partial charge in [0, 0.05) is 18.9 Å². The molecule has 5 nitrogen and oxygen atoms in total. The second-order valence-corrected chi connectivity index (χ2v) is 3.93. The average molecular weight is 250 g/mol. The van der Waals surface area contributed by atoms with Gasteiger partial charge in [0.2, 0.25) is 5.91 Å². The van der Waals surface area contributed by atoms with Gasteiger partial charge in [0.25, 0.3) is 0 Å². The molecule has 0 radical (unpaired) electrons. The number of aromatic nitrogens is 1. The van der Waals surface area contributed by atoms with E-state index in [0.717, 1.165) is 12.0 Å². The van der Waals surface area contributed by atoms with Crippen molar-refractivity contribution < 1.29 is 14.3 Å². The van der Waals surface area contributed by atoms with E-state index in [4.69, 9.17) is 0 Å². The van der Waals surface area contributed by atoms with Crippen LogP contribution in [0.2, 0.25) is 0 Å². The number of carbonyl (C=O) groups excluding carboxylic acids is 2. The average Bonchev–Trinajstić information content (AvgIpc) is 2.39. The topological polar surface area (TPSA) is 59.5 Å². The van der Waals surface area contributed by atoms with Gasteiger partial charge in [-0.05, 0) is 18.1 Å². The van der Waals surface area contributed by atoms with Crippen molar-refractivity contribution in [2.24, 2.45) is 0 Å². The first-order valence-electron chi connectivity index (χ1n) is 5.90. The molecular weight excluding hydrogens is 232 g/mol. The van der Waals surface area contributed by atoms with E-state index in [2.05, 4.69) is 9.72 Å². The Morgan fingerprint density at radius 1 is 1.44 bits per heavy atom. The molecule has 18 heavy (non-hydrogen) atoms. The van der Waals surface area contributed by atoms with E-state index in [-0.39, 0.29) is 18.9 Å². The van der Waals surface area contributed by atoms with E-state index in [9.17, 15) is 9.59 Å². The van der Waals surface area contributed by atoms with E-state index in [0.29, 0.717) is 6.54 Å². The zero-order chi connectivity index (χ0) is 13.4. The van der Waals surface area contributed by atoms with Gasteiger partial charge in [0.05, 0.1) is 13.5 Å². The molecule has 0 fully saturated rings. The third-order valence-electron chi connectivity index (χ3n) is 2.47. The number of pyridine rings is 1. The van der Waals surface area contributed by atoms with Crippen LogP contribution >= 0.6 is 0 Å². The van der Waals surface area contributed by atoms with Crippen molar-refractivity contribution in [3.8, 4) is 0 Å². The minimum Gasteiger partial charge on any atom is -0.468 e. The maximum atomic E-state index is 12.0. The standard InChI is InChI=1S/C13H18N2O3/c1-3-7-15(10-13(17)18-2)12(16)8-11-5-4-6-14-9-11/h4-6,9H,3,7-8,10H2,1-2H3. The minimum absolute atomic E-state index is 0.00341. The van der Waals surface area contributed by atoms with Crippen LogP contribution in [-0.4, -0.2) is 42.0 Å². The van der Waals surface area contributed by atoms with Gasteiger partial charge in [-0.1, -0.05) is 13.0 Å². The van der Waals surface area contributed by atoms with Crippen molar-refractivity contribution in [1.29, 1.82) is 0 Å². The summed E-state index contributed by atoms with van der Waals surface area (Å²) in [4.78, 5) is 28.7. The lowest BCUT2D eigenvalue weighted by Crippen LogP contribution is -2.37. The van der Waals surface area contributed by atoms with Crippen LogP contribution in [0.25, 0.3) is 0 Å². The highest BCUT2D eigenvalue weighted by molar-refractivity contribution is 5.83. The quantitative estimate of drug-likeness (QED) is 0.708. The molecule has 0 unspecified atom stereocenters. The zero-order valence-electron chi connectivity index (χ0n) is 10.8. The lowest BCUT2D eigenvalue weighted by atomic mass is 10.2. The number of nitrogens with zero attached hydrogens (tertiary/aromatic N) is 2. The van der Waals surface area contributed by atoms with Crippen LogP contribution < -0.4 is 0 Å². The summed E-state index contributed by atoms with van der Waals surface area (Å²) in [5.74, 6) is -0.488. The molecule has 0 aliphatic heterocycles. The van der Waals surface area contributed by atoms with E-state index >= 15 is 0 Å². The summed E-state index contributed by atoms with van der Waals surface area (Å²) in [6.07, 6.45) is 4.37. The van der Waals surface area contributed by atoms with Crippen LogP contribution in [0.5, 0.6) is 0 Å². The molecule has 1 amide bonds. The van der Waals surface area contributed by atoms with E-state index < -0.39 is 5.97 Å². The van der Waals surface area contributed by atoms with Crippen LogP contribution in [-0.2, 0) is 20.7 Å². The summed E-state index contributed by atoms with van der Waals surface area (Å²) in [6.45, 7) is 2.51. The molecule has 1 aromatic heterocycles. The second-order valence-electron chi connectivity index (χ2n) is 3.93. The Balaban J connectivity index is 2.62. The number of ether oxygens (including phenoxy) is 1. The zero-order valence-corrected chi connectivity index (χ0v) is 10.8. The van der Waals surface area contributed by atoms with Crippen LogP contribution in [0.4, 0.5) is 0 Å². The number of hydrogen-bond acceptors (Lipinski definition) is 4. The highest BCUT2D eigenvalue weighted by atomic mass is 16.5. The van der Waals surface area contributed by atoms with E-state index in [1.165, 1.54) is 12.0 Å². The normalized spacial score (nSPS) is 9.89. The van der Waals surface area contributed by atoms with Gasteiger partial charge >= 0.3 is 5.97 Å². The largest absolute Gasteiger partial charge is 0.468 e. The molecule has 0 atom stereocenters. The molecule has 0 aliphatic carbocycles. The lowest BCUT2D eigenvalue weighted by Gasteiger charge is -2.20. The molecule has 0 saturated carbocycles. The summed E-state index contributed by atoms with van der Waals surface area (Å²) in [6, 6.07) is 3.63. The minimum atomic E-state index is -0.400. The Morgan fingerprint density at radius 3 is 2.78 bits per heavy atom. The van der Waals surface area contributed by atoms with Crippen molar-refractivity contribution >= 4 is 11.9 Å². The van der Waals surface area contributed by atoms with Crippen LogP contribution in [0.1, 0.15) is 18.9 Å². The van der Waals surface area contributed by atoms with Crippen molar-refractivity contribution in [1.82, 2.24) is 9.88 Å². The number of hydrogen-bond donors (Lipinski definition) is 0. The smallest absolute Gasteiger partial charge is 0.325 e. The van der Waals surface area contributed by atoms with Crippen LogP contribution in [0.3, 0.4) is 0 Å². The third kappa shape index (κ3) is 4.53. The van der Waals surface area contributed by atoms with Gasteiger partial charge < -0.3 is 9.64 Å². The first kappa shape index (κ1) is 14.2. The predicted octanol–water partition coefficient (Wildman–Crippen LogP) is 1.04. The van der Waals surface area contributed by atoms with E-state index in [1.54, 1.807) is 18.5 Å². The predicted molar refractivity (Wildman–Crippen MR) is 66.8 cm³/mol. The monoisotopic (exact) mass is 250 g/mol. The second kappa shape index (κ2) is 7.42. The molecule has 1 heterocycles. The van der Waals surface area contributed by atoms with Gasteiger partial charge in [-0.2, -0.15) is 0 Å². The highest BCUT2D eigenvalue weighted by Crippen LogP contribution is 2.02. The van der Waals surface area contributed by atoms with Gasteiger partial charge in [-0.15, -0.1) is 0 Å². The Morgan fingerprint density at radius 2 is 2.22 bits per heavy atom. The number of methoxy groups -OCH3 is 1. The van der Waals surface area contributed by atoms with Gasteiger partial charge in [0.15, 0.2) is 0 Å². The highest BCUT2D eigenvalue weighted by Gasteiger charge is 2.16. The summed E-state index contributed by atoms with van der Waals surface area (Å²) < 4.78 is 4.58. The Kier molecular flexibility index (Phi) is 5.84. The summed E-state index contributed by atoms with van der Waals surface area (Å²) >= 11 is 0. The fraction of sp³-hybridized carbons (Fsp3) is 0.462. The molecule has 0 bridgehead atoms. The van der Waals surface area contributed by atoms with Gasteiger partial charge in [-0.25, -0.2) is 0 Å². The first-order chi connectivity index (χ1) is 8.67. The van der Waals surface area contributed by atoms with Crippen LogP contribution in [0.15, 0.2) is 24.5 Å². The lowest BCUT2D eigenvalue weighted by molar-refractivity contribution is -0.146. The van der Waals surface area contributed by atoms with Crippen molar-refractivity contribution in [2.45, 2.75) is 19.8 Å². The Hall–Kier alpha value is -1.91. The number of amides is 1. The van der Waals surface area contributed by atoms with Gasteiger partial charge in [-0.3, -0.25) is 14.6 Å². The maximum Gasteiger partial charge on any atom is 0.325 e. The number of rotatable bonds is 6. The molecule has 1 rings (SSSR count). The molecule has 98 valence electrons. The molecule has 0 aliphatic rings. The van der Waals surface area contributed by atoms with Crippen molar-refractivity contribution in [3.05, 3.63) is 30.1 Å². The first-order valence-corrected chi connectivity index (χ1v) is 5.90. The molecule has 1 aromatic rings. The summed E-state index contributed by atoms with van der Waals surface area (Å²) in [5.41, 5.74) is 0.841.